The van der Waals surface area contributed by atoms with Gasteiger partial charge in [-0.05, 0) is 31.4 Å². The molecule has 96 valence electrons. The van der Waals surface area contributed by atoms with Gasteiger partial charge in [-0.2, -0.15) is 0 Å². The van der Waals surface area contributed by atoms with E-state index in [1.165, 1.54) is 19.3 Å². The molecule has 0 N–H and O–H groups in total. The Morgan fingerprint density at radius 3 is 3.06 bits per heavy atom. The molecule has 18 heavy (non-hydrogen) atoms. The maximum Gasteiger partial charge on any atom is 0.178 e. The molecule has 1 aromatic heterocycles. The monoisotopic (exact) mass is 246 g/mol. The minimum atomic E-state index is 0.0160. The first-order valence-corrected chi connectivity index (χ1v) is 6.61. The Bertz CT molecular complexity index is 444. The first kappa shape index (κ1) is 11.7. The van der Waals surface area contributed by atoms with Crippen LogP contribution >= 0.6 is 0 Å². The summed E-state index contributed by atoms with van der Waals surface area (Å²) in [6, 6.07) is 4.31. The summed E-state index contributed by atoms with van der Waals surface area (Å²) in [5.74, 6) is 0.0160. The van der Waals surface area contributed by atoms with Crippen molar-refractivity contribution in [1.82, 2.24) is 4.98 Å². The van der Waals surface area contributed by atoms with E-state index in [1.54, 1.807) is 6.92 Å². The van der Waals surface area contributed by atoms with Gasteiger partial charge in [-0.3, -0.25) is 9.78 Å². The number of rotatable bonds is 2. The number of pyridine rings is 1. The number of nitrogens with zero attached hydrogens (tertiary/aromatic N) is 2. The third-order valence-electron chi connectivity index (χ3n) is 3.92. The molecule has 2 atom stereocenters. The third kappa shape index (κ3) is 2.01. The molecule has 0 radical (unpaired) electrons. The number of ether oxygens (including phenoxy) is 1. The summed E-state index contributed by atoms with van der Waals surface area (Å²) in [5.41, 5.74) is 1.65. The number of aromatic nitrogens is 1. The van der Waals surface area contributed by atoms with Crippen molar-refractivity contribution in [2.24, 2.45) is 0 Å². The van der Waals surface area contributed by atoms with Crippen LogP contribution in [0.5, 0.6) is 0 Å². The molecule has 1 saturated heterocycles. The molecule has 0 amide bonds. The van der Waals surface area contributed by atoms with Crippen molar-refractivity contribution in [3.63, 3.8) is 0 Å². The molecule has 1 aromatic rings. The van der Waals surface area contributed by atoms with Crippen LogP contribution in [0.1, 0.15) is 36.7 Å². The fourth-order valence-corrected chi connectivity index (χ4v) is 3.01. The van der Waals surface area contributed by atoms with E-state index in [-0.39, 0.29) is 5.78 Å². The standard InChI is InChI=1S/C14H18N2O2/c1-10(17)12-6-5-11(9-15-12)16-7-8-18-14-4-2-3-13(14)16/h5-6,9,13-14H,2-4,7-8H2,1H3. The molecule has 3 rings (SSSR count). The number of carbonyl (C=O) groups excluding carboxylic acids is 1. The highest BCUT2D eigenvalue weighted by molar-refractivity contribution is 5.92. The third-order valence-corrected chi connectivity index (χ3v) is 3.92. The molecule has 1 saturated carbocycles. The van der Waals surface area contributed by atoms with E-state index in [0.717, 1.165) is 18.8 Å². The highest BCUT2D eigenvalue weighted by Gasteiger charge is 2.36. The molecule has 1 aliphatic carbocycles. The SMILES string of the molecule is CC(=O)c1ccc(N2CCOC3CCCC32)cn1. The predicted octanol–water partition coefficient (Wildman–Crippen LogP) is 2.04. The number of Topliss-reactive ketones (excluding diaryl/α,β-unsaturated/α-hetero) is 1. The maximum absolute atomic E-state index is 11.2. The molecule has 0 spiro atoms. The Kier molecular flexibility index (Phi) is 3.04. The van der Waals surface area contributed by atoms with Crippen molar-refractivity contribution in [3.8, 4) is 0 Å². The van der Waals surface area contributed by atoms with Crippen molar-refractivity contribution < 1.29 is 9.53 Å². The average Bonchev–Trinajstić information content (AvgIpc) is 2.87. The zero-order chi connectivity index (χ0) is 12.5. The second-order valence-corrected chi connectivity index (χ2v) is 5.06. The van der Waals surface area contributed by atoms with Gasteiger partial charge in [-0.15, -0.1) is 0 Å². The molecule has 2 heterocycles. The summed E-state index contributed by atoms with van der Waals surface area (Å²) in [6.45, 7) is 3.25. The molecule has 2 aliphatic rings. The van der Waals surface area contributed by atoms with Crippen LogP contribution in [-0.4, -0.2) is 36.1 Å². The van der Waals surface area contributed by atoms with Gasteiger partial charge in [0.1, 0.15) is 5.69 Å². The van der Waals surface area contributed by atoms with Crippen molar-refractivity contribution >= 4 is 11.5 Å². The van der Waals surface area contributed by atoms with Crippen molar-refractivity contribution in [2.45, 2.75) is 38.3 Å². The maximum atomic E-state index is 11.2. The number of morpholine rings is 1. The fourth-order valence-electron chi connectivity index (χ4n) is 3.01. The highest BCUT2D eigenvalue weighted by atomic mass is 16.5. The summed E-state index contributed by atoms with van der Waals surface area (Å²) in [4.78, 5) is 17.8. The summed E-state index contributed by atoms with van der Waals surface area (Å²) in [7, 11) is 0. The van der Waals surface area contributed by atoms with Crippen LogP contribution in [0.2, 0.25) is 0 Å². The van der Waals surface area contributed by atoms with Crippen LogP contribution in [0, 0.1) is 0 Å². The van der Waals surface area contributed by atoms with Gasteiger partial charge in [-0.25, -0.2) is 0 Å². The summed E-state index contributed by atoms with van der Waals surface area (Å²) in [5, 5.41) is 0. The van der Waals surface area contributed by atoms with Gasteiger partial charge in [-0.1, -0.05) is 0 Å². The summed E-state index contributed by atoms with van der Waals surface area (Å²) < 4.78 is 5.80. The lowest BCUT2D eigenvalue weighted by Crippen LogP contribution is -2.48. The van der Waals surface area contributed by atoms with Crippen LogP contribution in [0.4, 0.5) is 5.69 Å². The zero-order valence-electron chi connectivity index (χ0n) is 10.6. The second kappa shape index (κ2) is 4.69. The number of anilines is 1. The predicted molar refractivity (Wildman–Crippen MR) is 69.0 cm³/mol. The van der Waals surface area contributed by atoms with Gasteiger partial charge < -0.3 is 9.64 Å². The van der Waals surface area contributed by atoms with E-state index in [2.05, 4.69) is 9.88 Å². The Hall–Kier alpha value is -1.42. The Balaban J connectivity index is 1.82. The Morgan fingerprint density at radius 2 is 2.33 bits per heavy atom. The number of ketones is 1. The number of fused-ring (bicyclic) bond motifs is 1. The fraction of sp³-hybridized carbons (Fsp3) is 0.571. The van der Waals surface area contributed by atoms with Crippen LogP contribution < -0.4 is 4.90 Å². The molecule has 1 aliphatic heterocycles. The smallest absolute Gasteiger partial charge is 0.178 e. The van der Waals surface area contributed by atoms with Crippen molar-refractivity contribution in [1.29, 1.82) is 0 Å². The number of carbonyl (C=O) groups is 1. The molecule has 4 nitrogen and oxygen atoms in total. The molecular weight excluding hydrogens is 228 g/mol. The van der Waals surface area contributed by atoms with Crippen LogP contribution in [0.3, 0.4) is 0 Å². The quantitative estimate of drug-likeness (QED) is 0.749. The first-order chi connectivity index (χ1) is 8.75. The number of hydrogen-bond donors (Lipinski definition) is 0. The van der Waals surface area contributed by atoms with Crippen LogP contribution in [0.15, 0.2) is 18.3 Å². The summed E-state index contributed by atoms with van der Waals surface area (Å²) in [6.07, 6.45) is 5.80. The lowest BCUT2D eigenvalue weighted by atomic mass is 10.1. The highest BCUT2D eigenvalue weighted by Crippen LogP contribution is 2.32. The van der Waals surface area contributed by atoms with E-state index in [1.807, 2.05) is 18.3 Å². The zero-order valence-corrected chi connectivity index (χ0v) is 10.6. The Morgan fingerprint density at radius 1 is 1.44 bits per heavy atom. The van der Waals surface area contributed by atoms with Crippen LogP contribution in [0.25, 0.3) is 0 Å². The van der Waals surface area contributed by atoms with Gasteiger partial charge in [0, 0.05) is 13.5 Å². The minimum Gasteiger partial charge on any atom is -0.374 e. The van der Waals surface area contributed by atoms with Gasteiger partial charge in [0.05, 0.1) is 30.6 Å². The van der Waals surface area contributed by atoms with Gasteiger partial charge in [0.15, 0.2) is 5.78 Å². The van der Waals surface area contributed by atoms with Crippen LogP contribution in [-0.2, 0) is 4.74 Å². The molecule has 0 bridgehead atoms. The first-order valence-electron chi connectivity index (χ1n) is 6.61. The average molecular weight is 246 g/mol. The van der Waals surface area contributed by atoms with Gasteiger partial charge >= 0.3 is 0 Å². The van der Waals surface area contributed by atoms with Crippen molar-refractivity contribution in [3.05, 3.63) is 24.0 Å². The minimum absolute atomic E-state index is 0.0160. The number of hydrogen-bond acceptors (Lipinski definition) is 4. The van der Waals surface area contributed by atoms with E-state index in [0.29, 0.717) is 17.8 Å². The lowest BCUT2D eigenvalue weighted by Gasteiger charge is -2.39. The van der Waals surface area contributed by atoms with E-state index < -0.39 is 0 Å². The van der Waals surface area contributed by atoms with E-state index in [9.17, 15) is 4.79 Å². The lowest BCUT2D eigenvalue weighted by molar-refractivity contribution is 0.0256. The molecule has 2 unspecified atom stereocenters. The largest absolute Gasteiger partial charge is 0.374 e. The summed E-state index contributed by atoms with van der Waals surface area (Å²) >= 11 is 0. The topological polar surface area (TPSA) is 42.4 Å². The van der Waals surface area contributed by atoms with Gasteiger partial charge in [0.2, 0.25) is 0 Å². The molecule has 0 aromatic carbocycles. The normalized spacial score (nSPS) is 27.1. The van der Waals surface area contributed by atoms with Gasteiger partial charge in [0.25, 0.3) is 0 Å². The molecular formula is C14H18N2O2. The molecule has 4 heteroatoms. The van der Waals surface area contributed by atoms with E-state index >= 15 is 0 Å². The van der Waals surface area contributed by atoms with E-state index in [4.69, 9.17) is 4.74 Å². The van der Waals surface area contributed by atoms with Crippen molar-refractivity contribution in [2.75, 3.05) is 18.1 Å². The second-order valence-electron chi connectivity index (χ2n) is 5.06. The Labute approximate surface area is 107 Å². The molecule has 2 fully saturated rings.